The molecule has 2 aliphatic rings. The fourth-order valence-corrected chi connectivity index (χ4v) is 3.87. The van der Waals surface area contributed by atoms with Crippen molar-refractivity contribution in [3.63, 3.8) is 0 Å². The molecule has 0 N–H and O–H groups in total. The summed E-state index contributed by atoms with van der Waals surface area (Å²) in [4.78, 5) is 12.7. The molecule has 0 unspecified atom stereocenters. The Kier molecular flexibility index (Phi) is 5.15. The molecule has 0 aliphatic carbocycles. The van der Waals surface area contributed by atoms with Crippen molar-refractivity contribution in [3.05, 3.63) is 48.0 Å². The first kappa shape index (κ1) is 18.0. The number of halogens is 3. The van der Waals surface area contributed by atoms with Crippen molar-refractivity contribution in [3.8, 4) is 5.75 Å². The lowest BCUT2D eigenvalue weighted by Gasteiger charge is -2.46. The number of anilines is 1. The van der Waals surface area contributed by atoms with Gasteiger partial charge in [-0.1, -0.05) is 0 Å². The van der Waals surface area contributed by atoms with Crippen LogP contribution in [0.3, 0.4) is 0 Å². The van der Waals surface area contributed by atoms with Gasteiger partial charge >= 0.3 is 0 Å². The maximum absolute atomic E-state index is 13.2. The molecule has 0 radical (unpaired) electrons. The molecule has 5 nitrogen and oxygen atoms in total. The third kappa shape index (κ3) is 4.32. The van der Waals surface area contributed by atoms with E-state index in [-0.39, 0.29) is 5.75 Å². The molecule has 8 heteroatoms. The van der Waals surface area contributed by atoms with Crippen LogP contribution in [0.5, 0.6) is 5.75 Å². The van der Waals surface area contributed by atoms with E-state index < -0.39 is 17.5 Å². The number of piperazine rings is 1. The summed E-state index contributed by atoms with van der Waals surface area (Å²) in [6.45, 7) is 3.80. The van der Waals surface area contributed by atoms with Crippen molar-refractivity contribution >= 4 is 5.95 Å². The second-order valence-electron chi connectivity index (χ2n) is 7.16. The predicted molar refractivity (Wildman–Crippen MR) is 94.1 cm³/mol. The van der Waals surface area contributed by atoms with Crippen molar-refractivity contribution in [2.75, 3.05) is 37.7 Å². The SMILES string of the molecule is Fc1cnc(N2CCN3C[C@@H](COc4cc(F)cc(F)c4)CC[C@H]3C2)nc1. The zero-order valence-corrected chi connectivity index (χ0v) is 14.8. The normalized spacial score (nSPS) is 23.1. The smallest absolute Gasteiger partial charge is 0.225 e. The lowest BCUT2D eigenvalue weighted by atomic mass is 9.91. The number of nitrogens with zero attached hydrogens (tertiary/aromatic N) is 4. The summed E-state index contributed by atoms with van der Waals surface area (Å²) in [7, 11) is 0. The van der Waals surface area contributed by atoms with Crippen LogP contribution in [0.1, 0.15) is 12.8 Å². The quantitative estimate of drug-likeness (QED) is 0.818. The van der Waals surface area contributed by atoms with Crippen LogP contribution in [0.25, 0.3) is 0 Å². The summed E-state index contributed by atoms with van der Waals surface area (Å²) in [5.41, 5.74) is 0. The van der Waals surface area contributed by atoms with E-state index in [0.717, 1.165) is 45.1 Å². The summed E-state index contributed by atoms with van der Waals surface area (Å²) in [6, 6.07) is 3.64. The molecule has 27 heavy (non-hydrogen) atoms. The Morgan fingerprint density at radius 2 is 1.67 bits per heavy atom. The standard InChI is InChI=1S/C19H21F3N4O/c20-14-5-15(21)7-18(6-14)27-12-13-1-2-17-11-26(4-3-25(17)10-13)19-23-8-16(22)9-24-19/h5-9,13,17H,1-4,10-12H2/t13-,17-/m0/s1. The molecule has 0 saturated carbocycles. The molecule has 2 aromatic rings. The van der Waals surface area contributed by atoms with Gasteiger partial charge in [-0.15, -0.1) is 0 Å². The minimum Gasteiger partial charge on any atom is -0.493 e. The number of ether oxygens (including phenoxy) is 1. The van der Waals surface area contributed by atoms with E-state index in [0.29, 0.717) is 24.5 Å². The molecular formula is C19H21F3N4O. The van der Waals surface area contributed by atoms with E-state index in [1.54, 1.807) is 0 Å². The van der Waals surface area contributed by atoms with Gasteiger partial charge in [0, 0.05) is 56.3 Å². The molecule has 2 atom stereocenters. The molecule has 2 fully saturated rings. The van der Waals surface area contributed by atoms with Crippen molar-refractivity contribution in [2.45, 2.75) is 18.9 Å². The van der Waals surface area contributed by atoms with Gasteiger partial charge in [-0.25, -0.2) is 23.1 Å². The van der Waals surface area contributed by atoms with Crippen LogP contribution in [0, 0.1) is 23.4 Å². The van der Waals surface area contributed by atoms with E-state index in [1.165, 1.54) is 24.5 Å². The van der Waals surface area contributed by atoms with E-state index in [1.807, 2.05) is 0 Å². The molecule has 144 valence electrons. The van der Waals surface area contributed by atoms with Gasteiger partial charge in [0.1, 0.15) is 17.4 Å². The Hall–Kier alpha value is -2.35. The van der Waals surface area contributed by atoms with Gasteiger partial charge in [-0.05, 0) is 12.8 Å². The third-order valence-electron chi connectivity index (χ3n) is 5.22. The number of benzene rings is 1. The van der Waals surface area contributed by atoms with Gasteiger partial charge in [0.2, 0.25) is 5.95 Å². The minimum absolute atomic E-state index is 0.230. The lowest BCUT2D eigenvalue weighted by Crippen LogP contribution is -2.57. The molecule has 3 heterocycles. The Bertz CT molecular complexity index is 769. The fraction of sp³-hybridized carbons (Fsp3) is 0.474. The third-order valence-corrected chi connectivity index (χ3v) is 5.22. The van der Waals surface area contributed by atoms with Gasteiger partial charge in [0.05, 0.1) is 19.0 Å². The van der Waals surface area contributed by atoms with Crippen LogP contribution >= 0.6 is 0 Å². The average Bonchev–Trinajstić information content (AvgIpc) is 2.66. The van der Waals surface area contributed by atoms with Gasteiger partial charge in [-0.2, -0.15) is 0 Å². The predicted octanol–water partition coefficient (Wildman–Crippen LogP) is 2.87. The number of rotatable bonds is 4. The molecule has 1 aromatic heterocycles. The zero-order chi connectivity index (χ0) is 18.8. The summed E-state index contributed by atoms with van der Waals surface area (Å²) < 4.78 is 45.1. The highest BCUT2D eigenvalue weighted by molar-refractivity contribution is 5.30. The van der Waals surface area contributed by atoms with Crippen molar-refractivity contribution in [2.24, 2.45) is 5.92 Å². The average molecular weight is 378 g/mol. The molecule has 4 rings (SSSR count). The van der Waals surface area contributed by atoms with Crippen molar-refractivity contribution in [1.29, 1.82) is 0 Å². The monoisotopic (exact) mass is 378 g/mol. The summed E-state index contributed by atoms with van der Waals surface area (Å²) in [6.07, 6.45) is 4.37. The van der Waals surface area contributed by atoms with Crippen LogP contribution in [-0.2, 0) is 0 Å². The Morgan fingerprint density at radius 1 is 0.926 bits per heavy atom. The molecule has 0 amide bonds. The zero-order valence-electron chi connectivity index (χ0n) is 14.8. The maximum Gasteiger partial charge on any atom is 0.225 e. The van der Waals surface area contributed by atoms with E-state index >= 15 is 0 Å². The number of hydrogen-bond acceptors (Lipinski definition) is 5. The van der Waals surface area contributed by atoms with E-state index in [4.69, 9.17) is 4.74 Å². The number of hydrogen-bond donors (Lipinski definition) is 0. The first-order chi connectivity index (χ1) is 13.1. The maximum atomic E-state index is 13.2. The molecule has 0 bridgehead atoms. The minimum atomic E-state index is -0.632. The largest absolute Gasteiger partial charge is 0.493 e. The Labute approximate surface area is 155 Å². The Balaban J connectivity index is 1.30. The topological polar surface area (TPSA) is 41.5 Å². The van der Waals surface area contributed by atoms with Crippen molar-refractivity contribution < 1.29 is 17.9 Å². The highest BCUT2D eigenvalue weighted by Gasteiger charge is 2.33. The molecule has 1 aromatic carbocycles. The van der Waals surface area contributed by atoms with Gasteiger partial charge in [0.25, 0.3) is 0 Å². The highest BCUT2D eigenvalue weighted by Crippen LogP contribution is 2.27. The van der Waals surface area contributed by atoms with E-state index in [2.05, 4.69) is 19.8 Å². The number of fused-ring (bicyclic) bond motifs is 1. The molecular weight excluding hydrogens is 357 g/mol. The van der Waals surface area contributed by atoms with Crippen LogP contribution in [0.15, 0.2) is 30.6 Å². The molecule has 2 saturated heterocycles. The Morgan fingerprint density at radius 3 is 2.41 bits per heavy atom. The second kappa shape index (κ2) is 7.72. The summed E-state index contributed by atoms with van der Waals surface area (Å²) in [5.74, 6) is -0.583. The molecule has 2 aliphatic heterocycles. The van der Waals surface area contributed by atoms with Gasteiger partial charge in [0.15, 0.2) is 5.82 Å². The number of aromatic nitrogens is 2. The van der Waals surface area contributed by atoms with Crippen molar-refractivity contribution in [1.82, 2.24) is 14.9 Å². The first-order valence-corrected chi connectivity index (χ1v) is 9.12. The van der Waals surface area contributed by atoms with Crippen LogP contribution < -0.4 is 9.64 Å². The summed E-state index contributed by atoms with van der Waals surface area (Å²) in [5, 5.41) is 0. The van der Waals surface area contributed by atoms with Gasteiger partial charge in [-0.3, -0.25) is 4.90 Å². The van der Waals surface area contributed by atoms with Crippen LogP contribution in [0.2, 0.25) is 0 Å². The molecule has 0 spiro atoms. The fourth-order valence-electron chi connectivity index (χ4n) is 3.87. The van der Waals surface area contributed by atoms with Crippen LogP contribution in [-0.4, -0.2) is 53.7 Å². The number of piperidine rings is 1. The lowest BCUT2D eigenvalue weighted by molar-refractivity contribution is 0.0724. The van der Waals surface area contributed by atoms with Gasteiger partial charge < -0.3 is 9.64 Å². The van der Waals surface area contributed by atoms with E-state index in [9.17, 15) is 13.2 Å². The first-order valence-electron chi connectivity index (χ1n) is 9.12. The van der Waals surface area contributed by atoms with Crippen LogP contribution in [0.4, 0.5) is 19.1 Å². The summed E-state index contributed by atoms with van der Waals surface area (Å²) >= 11 is 0. The highest BCUT2D eigenvalue weighted by atomic mass is 19.1. The second-order valence-corrected chi connectivity index (χ2v) is 7.16.